The lowest BCUT2D eigenvalue weighted by Crippen LogP contribution is -2.60. The lowest BCUT2D eigenvalue weighted by atomic mass is 9.53. The second-order valence-corrected chi connectivity index (χ2v) is 10.1. The Morgan fingerprint density at radius 1 is 0.938 bits per heavy atom. The Bertz CT molecular complexity index is 952. The van der Waals surface area contributed by atoms with E-state index >= 15 is 0 Å². The molecule has 4 aliphatic rings. The van der Waals surface area contributed by atoms with Gasteiger partial charge in [0, 0.05) is 5.54 Å². The molecule has 4 fully saturated rings. The molecule has 4 aliphatic carbocycles. The molecule has 4 saturated carbocycles. The number of hydrogen-bond donors (Lipinski definition) is 2. The number of hydrogen-bond acceptors (Lipinski definition) is 3. The van der Waals surface area contributed by atoms with Crippen molar-refractivity contribution in [1.29, 1.82) is 0 Å². The molecule has 1 atom stereocenters. The Hall–Kier alpha value is -2.82. The Labute approximate surface area is 189 Å². The summed E-state index contributed by atoms with van der Waals surface area (Å²) in [6.07, 6.45) is 7.36. The third-order valence-electron chi connectivity index (χ3n) is 7.58. The van der Waals surface area contributed by atoms with E-state index in [1.54, 1.807) is 12.1 Å². The van der Waals surface area contributed by atoms with Gasteiger partial charge in [0.05, 0.1) is 11.6 Å². The van der Waals surface area contributed by atoms with Crippen LogP contribution in [0.3, 0.4) is 0 Å². The Kier molecular flexibility index (Phi) is 5.66. The van der Waals surface area contributed by atoms with Crippen LogP contribution in [0, 0.1) is 17.8 Å². The van der Waals surface area contributed by atoms with Crippen molar-refractivity contribution in [3.05, 3.63) is 65.7 Å². The molecule has 2 aromatic rings. The normalized spacial score (nSPS) is 28.7. The molecule has 1 unspecified atom stereocenters. The molecule has 2 N–H and O–H groups in total. The van der Waals surface area contributed by atoms with Gasteiger partial charge >= 0.3 is 0 Å². The minimum atomic E-state index is -0.210. The fraction of sp³-hybridized carbons (Fsp3) is 0.481. The van der Waals surface area contributed by atoms with Crippen molar-refractivity contribution in [1.82, 2.24) is 10.6 Å². The van der Waals surface area contributed by atoms with E-state index in [0.29, 0.717) is 11.3 Å². The highest BCUT2D eigenvalue weighted by Gasteiger charge is 2.51. The van der Waals surface area contributed by atoms with E-state index in [-0.39, 0.29) is 30.0 Å². The maximum Gasteiger partial charge on any atom is 0.258 e. The lowest BCUT2D eigenvalue weighted by Gasteiger charge is -2.56. The predicted octanol–water partition coefficient (Wildman–Crippen LogP) is 4.64. The van der Waals surface area contributed by atoms with E-state index in [1.807, 2.05) is 49.4 Å². The Morgan fingerprint density at radius 2 is 1.53 bits per heavy atom. The van der Waals surface area contributed by atoms with Crippen molar-refractivity contribution in [2.75, 3.05) is 6.61 Å². The van der Waals surface area contributed by atoms with Crippen LogP contribution >= 0.6 is 0 Å². The van der Waals surface area contributed by atoms with Crippen molar-refractivity contribution >= 4 is 11.8 Å². The first-order valence-corrected chi connectivity index (χ1v) is 11.9. The summed E-state index contributed by atoms with van der Waals surface area (Å²) in [4.78, 5) is 25.7. The molecule has 5 nitrogen and oxygen atoms in total. The van der Waals surface area contributed by atoms with Crippen molar-refractivity contribution in [3.8, 4) is 5.75 Å². The summed E-state index contributed by atoms with van der Waals surface area (Å²) in [5.74, 6) is 2.47. The largest absolute Gasteiger partial charge is 0.483 e. The fourth-order valence-electron chi connectivity index (χ4n) is 6.62. The number of carbonyl (C=O) groups excluding carboxylic acids is 2. The van der Waals surface area contributed by atoms with Crippen molar-refractivity contribution in [2.24, 2.45) is 17.8 Å². The van der Waals surface area contributed by atoms with Gasteiger partial charge in [0.1, 0.15) is 5.75 Å². The maximum atomic E-state index is 12.9. The summed E-state index contributed by atoms with van der Waals surface area (Å²) in [5.41, 5.74) is 1.45. The first-order chi connectivity index (χ1) is 15.5. The molecule has 2 amide bonds. The van der Waals surface area contributed by atoms with E-state index < -0.39 is 0 Å². The van der Waals surface area contributed by atoms with Gasteiger partial charge in [0.25, 0.3) is 11.8 Å². The molecule has 0 aromatic heterocycles. The van der Waals surface area contributed by atoms with Gasteiger partial charge in [-0.1, -0.05) is 42.5 Å². The molecule has 32 heavy (non-hydrogen) atoms. The number of amides is 2. The van der Waals surface area contributed by atoms with Gasteiger partial charge in [-0.05, 0) is 80.9 Å². The molecule has 2 aromatic carbocycles. The van der Waals surface area contributed by atoms with Crippen molar-refractivity contribution < 1.29 is 14.3 Å². The molecule has 0 aliphatic heterocycles. The number of rotatable bonds is 7. The number of para-hydroxylation sites is 1. The summed E-state index contributed by atoms with van der Waals surface area (Å²) < 4.78 is 5.85. The predicted molar refractivity (Wildman–Crippen MR) is 123 cm³/mol. The summed E-state index contributed by atoms with van der Waals surface area (Å²) in [5, 5.41) is 6.36. The van der Waals surface area contributed by atoms with Crippen LogP contribution in [0.25, 0.3) is 0 Å². The summed E-state index contributed by atoms with van der Waals surface area (Å²) >= 11 is 0. The molecule has 168 valence electrons. The smallest absolute Gasteiger partial charge is 0.258 e. The average molecular weight is 433 g/mol. The molecular weight excluding hydrogens is 400 g/mol. The van der Waals surface area contributed by atoms with Crippen LogP contribution in [-0.4, -0.2) is 24.0 Å². The minimum absolute atomic E-state index is 0.0306. The van der Waals surface area contributed by atoms with Crippen LogP contribution in [0.5, 0.6) is 5.75 Å². The molecule has 5 heteroatoms. The second kappa shape index (κ2) is 8.61. The zero-order valence-corrected chi connectivity index (χ0v) is 18.7. The van der Waals surface area contributed by atoms with Gasteiger partial charge in [0.15, 0.2) is 6.61 Å². The van der Waals surface area contributed by atoms with Crippen LogP contribution in [0.1, 0.15) is 67.4 Å². The van der Waals surface area contributed by atoms with Crippen LogP contribution in [0.4, 0.5) is 0 Å². The van der Waals surface area contributed by atoms with Gasteiger partial charge in [-0.3, -0.25) is 9.59 Å². The highest BCUT2D eigenvalue weighted by molar-refractivity contribution is 5.97. The lowest BCUT2D eigenvalue weighted by molar-refractivity contribution is -0.128. The maximum absolute atomic E-state index is 12.9. The SMILES string of the molecule is CC(NC(=O)c1ccccc1OCC(=O)NC12CC3CC(CC(C3)C1)C2)c1ccccc1. The quantitative estimate of drug-likeness (QED) is 0.670. The zero-order chi connectivity index (χ0) is 22.1. The summed E-state index contributed by atoms with van der Waals surface area (Å²) in [7, 11) is 0. The van der Waals surface area contributed by atoms with E-state index in [9.17, 15) is 9.59 Å². The fourth-order valence-corrected chi connectivity index (χ4v) is 6.62. The molecular formula is C27H32N2O3. The highest BCUT2D eigenvalue weighted by atomic mass is 16.5. The zero-order valence-electron chi connectivity index (χ0n) is 18.7. The number of ether oxygens (including phenoxy) is 1. The van der Waals surface area contributed by atoms with Gasteiger partial charge < -0.3 is 15.4 Å². The Morgan fingerprint density at radius 3 is 2.19 bits per heavy atom. The topological polar surface area (TPSA) is 67.4 Å². The van der Waals surface area contributed by atoms with Crippen molar-refractivity contribution in [2.45, 2.75) is 57.0 Å². The molecule has 0 spiro atoms. The Balaban J connectivity index is 1.20. The summed E-state index contributed by atoms with van der Waals surface area (Å²) in [6, 6.07) is 16.8. The molecule has 0 radical (unpaired) electrons. The van der Waals surface area contributed by atoms with Gasteiger partial charge in [-0.15, -0.1) is 0 Å². The third-order valence-corrected chi connectivity index (χ3v) is 7.58. The van der Waals surface area contributed by atoms with Gasteiger partial charge in [-0.25, -0.2) is 0 Å². The van der Waals surface area contributed by atoms with Gasteiger partial charge in [0.2, 0.25) is 0 Å². The van der Waals surface area contributed by atoms with Crippen LogP contribution in [-0.2, 0) is 4.79 Å². The first-order valence-electron chi connectivity index (χ1n) is 11.9. The molecule has 0 saturated heterocycles. The molecule has 4 bridgehead atoms. The van der Waals surface area contributed by atoms with E-state index in [2.05, 4.69) is 10.6 Å². The van der Waals surface area contributed by atoms with Crippen LogP contribution < -0.4 is 15.4 Å². The number of benzene rings is 2. The van der Waals surface area contributed by atoms with Crippen LogP contribution in [0.2, 0.25) is 0 Å². The number of carbonyl (C=O) groups is 2. The third kappa shape index (κ3) is 4.38. The molecule has 6 rings (SSSR count). The average Bonchev–Trinajstić information content (AvgIpc) is 2.77. The monoisotopic (exact) mass is 432 g/mol. The number of nitrogens with one attached hydrogen (secondary N) is 2. The molecule has 0 heterocycles. The van der Waals surface area contributed by atoms with E-state index in [1.165, 1.54) is 19.3 Å². The van der Waals surface area contributed by atoms with Crippen molar-refractivity contribution in [3.63, 3.8) is 0 Å². The summed E-state index contributed by atoms with van der Waals surface area (Å²) in [6.45, 7) is 1.88. The van der Waals surface area contributed by atoms with Crippen LogP contribution in [0.15, 0.2) is 54.6 Å². The van der Waals surface area contributed by atoms with E-state index in [4.69, 9.17) is 4.74 Å². The standard InChI is InChI=1S/C27H32N2O3/c1-18(22-7-3-2-4-8-22)28-26(31)23-9-5-6-10-24(23)32-17-25(30)29-27-14-19-11-20(15-27)13-21(12-19)16-27/h2-10,18-21H,11-17H2,1H3,(H,28,31)(H,29,30). The second-order valence-electron chi connectivity index (χ2n) is 10.1. The highest BCUT2D eigenvalue weighted by Crippen LogP contribution is 2.55. The first kappa shape index (κ1) is 21.0. The van der Waals surface area contributed by atoms with Gasteiger partial charge in [-0.2, -0.15) is 0 Å². The van der Waals surface area contributed by atoms with E-state index in [0.717, 1.165) is 42.6 Å². The minimum Gasteiger partial charge on any atom is -0.483 e.